The molecule has 0 spiro atoms. The Morgan fingerprint density at radius 3 is 2.47 bits per heavy atom. The Kier molecular flexibility index (Phi) is 6.95. The summed E-state index contributed by atoms with van der Waals surface area (Å²) < 4.78 is 17.9. The summed E-state index contributed by atoms with van der Waals surface area (Å²) in [7, 11) is 4.49. The average molecular weight is 497 g/mol. The van der Waals surface area contributed by atoms with Gasteiger partial charge in [-0.3, -0.25) is 9.36 Å². The minimum Gasteiger partial charge on any atom is -0.497 e. The lowest BCUT2D eigenvalue weighted by Gasteiger charge is -2.24. The highest BCUT2D eigenvalue weighted by Gasteiger charge is 2.33. The second kappa shape index (κ2) is 9.90. The normalized spacial score (nSPS) is 15.6. The van der Waals surface area contributed by atoms with E-state index >= 15 is 0 Å². The van der Waals surface area contributed by atoms with Crippen LogP contribution in [0.1, 0.15) is 24.1 Å². The lowest BCUT2D eigenvalue weighted by molar-refractivity contribution is -0.136. The number of thioether (sulfide) groups is 1. The zero-order valence-corrected chi connectivity index (χ0v) is 21.1. The van der Waals surface area contributed by atoms with Crippen molar-refractivity contribution in [2.45, 2.75) is 17.9 Å². The number of nitrogens with zero attached hydrogens (tertiary/aromatic N) is 2. The first-order valence-electron chi connectivity index (χ1n) is 10.4. The highest BCUT2D eigenvalue weighted by Crippen LogP contribution is 2.31. The number of aromatic nitrogens is 1. The van der Waals surface area contributed by atoms with Gasteiger partial charge in [0, 0.05) is 10.5 Å². The van der Waals surface area contributed by atoms with Gasteiger partial charge in [-0.25, -0.2) is 9.79 Å². The van der Waals surface area contributed by atoms with Crippen LogP contribution in [0.25, 0.3) is 6.08 Å². The van der Waals surface area contributed by atoms with Gasteiger partial charge in [0.25, 0.3) is 5.56 Å². The molecule has 1 aliphatic heterocycles. The summed E-state index contributed by atoms with van der Waals surface area (Å²) in [5.41, 5.74) is 2.13. The van der Waals surface area contributed by atoms with Gasteiger partial charge < -0.3 is 14.2 Å². The van der Waals surface area contributed by atoms with E-state index in [1.807, 2.05) is 30.5 Å². The van der Waals surface area contributed by atoms with E-state index in [4.69, 9.17) is 14.2 Å². The molecule has 0 radical (unpaired) electrons. The van der Waals surface area contributed by atoms with Crippen molar-refractivity contribution in [1.29, 1.82) is 0 Å². The van der Waals surface area contributed by atoms with Crippen LogP contribution in [0.4, 0.5) is 0 Å². The minimum absolute atomic E-state index is 0.249. The number of benzene rings is 2. The Bertz CT molecular complexity index is 1450. The van der Waals surface area contributed by atoms with Crippen molar-refractivity contribution in [2.75, 3.05) is 27.6 Å². The summed E-state index contributed by atoms with van der Waals surface area (Å²) in [6.45, 7) is 1.76. The molecule has 1 atom stereocenters. The molecule has 0 saturated heterocycles. The molecule has 34 heavy (non-hydrogen) atoms. The van der Waals surface area contributed by atoms with Crippen molar-refractivity contribution in [2.24, 2.45) is 4.99 Å². The fraction of sp³-hybridized carbons (Fsp3) is 0.240. The highest BCUT2D eigenvalue weighted by atomic mass is 32.2. The summed E-state index contributed by atoms with van der Waals surface area (Å²) in [6.07, 6.45) is 3.76. The number of thiazole rings is 1. The fourth-order valence-electron chi connectivity index (χ4n) is 3.89. The SMILES string of the molecule is COC(=O)C1=C(C)N=c2sc(=Cc3cc(OC)ccc3OC)c(=O)n2C1c1ccc(SC)cc1. The maximum absolute atomic E-state index is 13.7. The number of methoxy groups -OCH3 is 3. The first kappa shape index (κ1) is 23.8. The third kappa shape index (κ3) is 4.28. The molecular formula is C25H24N2O5S2. The van der Waals surface area contributed by atoms with Crippen LogP contribution in [0, 0.1) is 0 Å². The summed E-state index contributed by atoms with van der Waals surface area (Å²) in [6, 6.07) is 12.6. The summed E-state index contributed by atoms with van der Waals surface area (Å²) >= 11 is 2.88. The summed E-state index contributed by atoms with van der Waals surface area (Å²) in [5, 5.41) is 0. The number of hydrogen-bond donors (Lipinski definition) is 0. The number of ether oxygens (including phenoxy) is 3. The molecule has 0 N–H and O–H groups in total. The Labute approximate surface area is 205 Å². The number of allylic oxidation sites excluding steroid dienone is 1. The molecule has 0 fully saturated rings. The van der Waals surface area contributed by atoms with Gasteiger partial charge in [-0.15, -0.1) is 11.8 Å². The molecule has 4 rings (SSSR count). The first-order valence-corrected chi connectivity index (χ1v) is 12.4. The lowest BCUT2D eigenvalue weighted by Crippen LogP contribution is -2.39. The van der Waals surface area contributed by atoms with Crippen molar-refractivity contribution in [3.05, 3.63) is 84.5 Å². The van der Waals surface area contributed by atoms with Crippen molar-refractivity contribution in [1.82, 2.24) is 4.57 Å². The van der Waals surface area contributed by atoms with Crippen molar-refractivity contribution in [3.63, 3.8) is 0 Å². The van der Waals surface area contributed by atoms with E-state index in [0.717, 1.165) is 10.5 Å². The van der Waals surface area contributed by atoms with Crippen LogP contribution in [-0.4, -0.2) is 38.1 Å². The maximum Gasteiger partial charge on any atom is 0.338 e. The second-order valence-electron chi connectivity index (χ2n) is 7.45. The number of hydrogen-bond acceptors (Lipinski definition) is 8. The predicted molar refractivity (Wildman–Crippen MR) is 134 cm³/mol. The molecule has 176 valence electrons. The van der Waals surface area contributed by atoms with E-state index in [0.29, 0.717) is 37.7 Å². The molecular weight excluding hydrogens is 472 g/mol. The van der Waals surface area contributed by atoms with Crippen LogP contribution in [-0.2, 0) is 9.53 Å². The van der Waals surface area contributed by atoms with Crippen LogP contribution in [0.5, 0.6) is 11.5 Å². The van der Waals surface area contributed by atoms with Crippen LogP contribution in [0.15, 0.2) is 68.4 Å². The second-order valence-corrected chi connectivity index (χ2v) is 9.34. The molecule has 3 aromatic rings. The Hall–Kier alpha value is -3.30. The zero-order chi connectivity index (χ0) is 24.4. The van der Waals surface area contributed by atoms with Crippen molar-refractivity contribution >= 4 is 35.1 Å². The summed E-state index contributed by atoms with van der Waals surface area (Å²) in [4.78, 5) is 32.6. The van der Waals surface area contributed by atoms with Gasteiger partial charge in [-0.1, -0.05) is 23.5 Å². The quantitative estimate of drug-likeness (QED) is 0.385. The predicted octanol–water partition coefficient (Wildman–Crippen LogP) is 3.15. The number of fused-ring (bicyclic) bond motifs is 1. The monoisotopic (exact) mass is 496 g/mol. The highest BCUT2D eigenvalue weighted by molar-refractivity contribution is 7.98. The largest absolute Gasteiger partial charge is 0.497 e. The van der Waals surface area contributed by atoms with Crippen LogP contribution < -0.4 is 24.4 Å². The molecule has 1 unspecified atom stereocenters. The maximum atomic E-state index is 13.7. The molecule has 0 saturated carbocycles. The van der Waals surface area contributed by atoms with E-state index in [9.17, 15) is 9.59 Å². The van der Waals surface area contributed by atoms with Crippen LogP contribution >= 0.6 is 23.1 Å². The van der Waals surface area contributed by atoms with Gasteiger partial charge in [0.1, 0.15) is 11.5 Å². The van der Waals surface area contributed by atoms with E-state index < -0.39 is 12.0 Å². The van der Waals surface area contributed by atoms with E-state index in [-0.39, 0.29) is 5.56 Å². The van der Waals surface area contributed by atoms with Gasteiger partial charge in [0.05, 0.1) is 43.2 Å². The molecule has 0 aliphatic carbocycles. The molecule has 0 amide bonds. The van der Waals surface area contributed by atoms with Crippen LogP contribution in [0.3, 0.4) is 0 Å². The standard InChI is InChI=1S/C25H24N2O5S2/c1-14-21(24(29)32-4)22(15-6-9-18(33-5)10-7-15)27-23(28)20(34-25(27)26-14)13-16-12-17(30-2)8-11-19(16)31-3/h6-13,22H,1-5H3. The molecule has 2 aromatic carbocycles. The third-order valence-corrected chi connectivity index (χ3v) is 7.31. The van der Waals surface area contributed by atoms with Gasteiger partial charge in [0.15, 0.2) is 4.80 Å². The smallest absolute Gasteiger partial charge is 0.338 e. The minimum atomic E-state index is -0.644. The molecule has 1 aliphatic rings. The molecule has 9 heteroatoms. The van der Waals surface area contributed by atoms with Gasteiger partial charge in [0.2, 0.25) is 0 Å². The molecule has 2 heterocycles. The van der Waals surface area contributed by atoms with Crippen molar-refractivity contribution < 1.29 is 19.0 Å². The fourth-order valence-corrected chi connectivity index (χ4v) is 5.33. The number of carbonyl (C=O) groups excluding carboxylic acids is 1. The van der Waals surface area contributed by atoms with Gasteiger partial charge >= 0.3 is 5.97 Å². The van der Waals surface area contributed by atoms with Gasteiger partial charge in [-0.2, -0.15) is 0 Å². The van der Waals surface area contributed by atoms with E-state index in [2.05, 4.69) is 4.99 Å². The van der Waals surface area contributed by atoms with Gasteiger partial charge in [-0.05, 0) is 55.2 Å². The van der Waals surface area contributed by atoms with E-state index in [1.165, 1.54) is 18.4 Å². The van der Waals surface area contributed by atoms with Crippen LogP contribution in [0.2, 0.25) is 0 Å². The number of carbonyl (C=O) groups is 1. The first-order chi connectivity index (χ1) is 16.4. The van der Waals surface area contributed by atoms with E-state index in [1.54, 1.807) is 61.7 Å². The van der Waals surface area contributed by atoms with Crippen molar-refractivity contribution in [3.8, 4) is 11.5 Å². The zero-order valence-electron chi connectivity index (χ0n) is 19.4. The third-order valence-electron chi connectivity index (χ3n) is 5.58. The lowest BCUT2D eigenvalue weighted by atomic mass is 9.96. The Morgan fingerprint density at radius 1 is 1.12 bits per heavy atom. The Morgan fingerprint density at radius 2 is 1.85 bits per heavy atom. The Balaban J connectivity index is 1.96. The average Bonchev–Trinajstić information content (AvgIpc) is 3.16. The number of rotatable bonds is 6. The number of esters is 1. The topological polar surface area (TPSA) is 79.1 Å². The molecule has 7 nitrogen and oxygen atoms in total. The summed E-state index contributed by atoms with van der Waals surface area (Å²) in [5.74, 6) is 0.751. The molecule has 1 aromatic heterocycles. The molecule has 0 bridgehead atoms.